The van der Waals surface area contributed by atoms with Crippen molar-refractivity contribution in [1.29, 1.82) is 0 Å². The van der Waals surface area contributed by atoms with Crippen LogP contribution in [-0.2, 0) is 14.3 Å². The number of carboxylic acid groups (broad SMARTS) is 1. The van der Waals surface area contributed by atoms with E-state index in [1.807, 2.05) is 0 Å². The molecule has 0 aliphatic carbocycles. The van der Waals surface area contributed by atoms with Crippen LogP contribution in [0.2, 0.25) is 0 Å². The molecule has 0 bridgehead atoms. The second-order valence-electron chi connectivity index (χ2n) is 13.5. The molecule has 0 aromatic carbocycles. The minimum atomic E-state index is -0.669. The average Bonchev–Trinajstić information content (AvgIpc) is 2.95. The van der Waals surface area contributed by atoms with Crippen molar-refractivity contribution in [1.82, 2.24) is 0 Å². The third-order valence-electron chi connectivity index (χ3n) is 9.49. The van der Waals surface area contributed by atoms with Crippen molar-refractivity contribution in [2.45, 2.75) is 189 Å². The summed E-state index contributed by atoms with van der Waals surface area (Å²) in [6.07, 6.45) is 26.6. The molecule has 0 aliphatic rings. The van der Waals surface area contributed by atoms with Gasteiger partial charge in [-0.25, -0.2) is 0 Å². The lowest BCUT2D eigenvalue weighted by molar-refractivity contribution is -0.151. The van der Waals surface area contributed by atoms with Crippen LogP contribution in [0.5, 0.6) is 0 Å². The summed E-state index contributed by atoms with van der Waals surface area (Å²) in [5.74, 6) is 1.81. The van der Waals surface area contributed by atoms with Crippen molar-refractivity contribution in [3.8, 4) is 0 Å². The highest BCUT2D eigenvalue weighted by Gasteiger charge is 2.28. The van der Waals surface area contributed by atoms with Crippen LogP contribution in [0.25, 0.3) is 0 Å². The Hall–Kier alpha value is -1.06. The SMILES string of the molecule is CCCCC(CC)COC(=O)C(CC(CC)CCCC)CC(CCCCCCCCCCCCCC(=O)O)C(C)C. The van der Waals surface area contributed by atoms with Crippen molar-refractivity contribution >= 4 is 11.9 Å². The van der Waals surface area contributed by atoms with E-state index in [0.29, 0.717) is 36.7 Å². The molecule has 41 heavy (non-hydrogen) atoms. The van der Waals surface area contributed by atoms with E-state index in [0.717, 1.165) is 38.5 Å². The zero-order chi connectivity index (χ0) is 30.7. The summed E-state index contributed by atoms with van der Waals surface area (Å²) in [5.41, 5.74) is 0. The van der Waals surface area contributed by atoms with Gasteiger partial charge in [-0.3, -0.25) is 9.59 Å². The number of rotatable bonds is 30. The maximum atomic E-state index is 13.5. The van der Waals surface area contributed by atoms with Gasteiger partial charge in [0.1, 0.15) is 0 Å². The molecular weight excluding hydrogens is 508 g/mol. The van der Waals surface area contributed by atoms with Crippen LogP contribution in [-0.4, -0.2) is 23.7 Å². The maximum Gasteiger partial charge on any atom is 0.308 e. The van der Waals surface area contributed by atoms with Crippen LogP contribution in [0.4, 0.5) is 0 Å². The van der Waals surface area contributed by atoms with Crippen LogP contribution in [0.1, 0.15) is 189 Å². The van der Waals surface area contributed by atoms with Crippen molar-refractivity contribution in [2.75, 3.05) is 6.61 Å². The fraction of sp³-hybridized carbons (Fsp3) is 0.946. The molecule has 0 saturated heterocycles. The fourth-order valence-electron chi connectivity index (χ4n) is 6.25. The number of aliphatic carboxylic acids is 1. The zero-order valence-corrected chi connectivity index (χ0v) is 28.5. The lowest BCUT2D eigenvalue weighted by Crippen LogP contribution is -2.27. The Labute approximate surface area is 256 Å². The van der Waals surface area contributed by atoms with E-state index in [2.05, 4.69) is 41.5 Å². The molecule has 0 saturated carbocycles. The molecule has 4 unspecified atom stereocenters. The Bertz CT molecular complexity index is 602. The van der Waals surface area contributed by atoms with Gasteiger partial charge in [-0.2, -0.15) is 0 Å². The lowest BCUT2D eigenvalue weighted by Gasteiger charge is -2.28. The summed E-state index contributed by atoms with van der Waals surface area (Å²) in [6, 6.07) is 0. The van der Waals surface area contributed by atoms with Gasteiger partial charge in [-0.05, 0) is 49.4 Å². The van der Waals surface area contributed by atoms with Crippen molar-refractivity contribution in [3.63, 3.8) is 0 Å². The second kappa shape index (κ2) is 27.8. The molecule has 0 fully saturated rings. The Morgan fingerprint density at radius 3 is 1.56 bits per heavy atom. The molecule has 0 aliphatic heterocycles. The normalized spacial score (nSPS) is 14.6. The van der Waals surface area contributed by atoms with E-state index in [1.54, 1.807) is 0 Å². The average molecular weight is 581 g/mol. The van der Waals surface area contributed by atoms with Gasteiger partial charge in [-0.15, -0.1) is 0 Å². The van der Waals surface area contributed by atoms with E-state index in [4.69, 9.17) is 9.84 Å². The van der Waals surface area contributed by atoms with Gasteiger partial charge in [0, 0.05) is 6.42 Å². The molecule has 4 atom stereocenters. The number of hydrogen-bond donors (Lipinski definition) is 1. The molecule has 0 radical (unpaired) electrons. The van der Waals surface area contributed by atoms with Crippen LogP contribution < -0.4 is 0 Å². The van der Waals surface area contributed by atoms with Crippen molar-refractivity contribution < 1.29 is 19.4 Å². The minimum absolute atomic E-state index is 0.0528. The number of carbonyl (C=O) groups excluding carboxylic acids is 1. The number of ether oxygens (including phenoxy) is 1. The molecule has 244 valence electrons. The molecule has 4 heteroatoms. The standard InChI is InChI=1S/C37H72O4/c1-7-11-24-32(9-3)28-35(37(40)41-30-33(10-4)25-12-8-2)29-34(31(5)6)26-22-20-18-16-14-13-15-17-19-21-23-27-36(38)39/h31-35H,7-30H2,1-6H3,(H,38,39). The summed E-state index contributed by atoms with van der Waals surface area (Å²) in [5, 5.41) is 8.71. The molecule has 0 aromatic heterocycles. The first-order valence-corrected chi connectivity index (χ1v) is 18.2. The van der Waals surface area contributed by atoms with Gasteiger partial charge in [0.2, 0.25) is 0 Å². The van der Waals surface area contributed by atoms with E-state index < -0.39 is 5.97 Å². The van der Waals surface area contributed by atoms with Gasteiger partial charge >= 0.3 is 11.9 Å². The Morgan fingerprint density at radius 2 is 1.10 bits per heavy atom. The van der Waals surface area contributed by atoms with Gasteiger partial charge in [0.15, 0.2) is 0 Å². The molecule has 1 N–H and O–H groups in total. The van der Waals surface area contributed by atoms with E-state index >= 15 is 0 Å². The zero-order valence-electron chi connectivity index (χ0n) is 28.5. The van der Waals surface area contributed by atoms with Gasteiger partial charge in [-0.1, -0.05) is 157 Å². The smallest absolute Gasteiger partial charge is 0.308 e. The predicted octanol–water partition coefficient (Wildman–Crippen LogP) is 11.8. The highest BCUT2D eigenvalue weighted by atomic mass is 16.5. The van der Waals surface area contributed by atoms with Crippen LogP contribution in [0, 0.1) is 29.6 Å². The van der Waals surface area contributed by atoms with E-state index in [1.165, 1.54) is 103 Å². The third kappa shape index (κ3) is 23.1. The first-order valence-electron chi connectivity index (χ1n) is 18.2. The van der Waals surface area contributed by atoms with Crippen LogP contribution >= 0.6 is 0 Å². The quantitative estimate of drug-likeness (QED) is 0.0678. The summed E-state index contributed by atoms with van der Waals surface area (Å²) < 4.78 is 6.05. The topological polar surface area (TPSA) is 63.6 Å². The van der Waals surface area contributed by atoms with Crippen LogP contribution in [0.3, 0.4) is 0 Å². The fourth-order valence-corrected chi connectivity index (χ4v) is 6.25. The molecule has 4 nitrogen and oxygen atoms in total. The van der Waals surface area contributed by atoms with Crippen LogP contribution in [0.15, 0.2) is 0 Å². The Kier molecular flexibility index (Phi) is 27.0. The Morgan fingerprint density at radius 1 is 0.610 bits per heavy atom. The maximum absolute atomic E-state index is 13.5. The molecule has 0 spiro atoms. The van der Waals surface area contributed by atoms with Gasteiger partial charge < -0.3 is 9.84 Å². The summed E-state index contributed by atoms with van der Waals surface area (Å²) in [6.45, 7) is 14.3. The molecular formula is C37H72O4. The lowest BCUT2D eigenvalue weighted by atomic mass is 9.78. The molecule has 0 rings (SSSR count). The monoisotopic (exact) mass is 581 g/mol. The van der Waals surface area contributed by atoms with Crippen molar-refractivity contribution in [3.05, 3.63) is 0 Å². The Balaban J connectivity index is 4.63. The summed E-state index contributed by atoms with van der Waals surface area (Å²) >= 11 is 0. The number of unbranched alkanes of at least 4 members (excludes halogenated alkanes) is 12. The van der Waals surface area contributed by atoms with E-state index in [9.17, 15) is 9.59 Å². The second-order valence-corrected chi connectivity index (χ2v) is 13.5. The summed E-state index contributed by atoms with van der Waals surface area (Å²) in [7, 11) is 0. The largest absolute Gasteiger partial charge is 0.481 e. The van der Waals surface area contributed by atoms with Gasteiger partial charge in [0.05, 0.1) is 12.5 Å². The molecule has 0 amide bonds. The first kappa shape index (κ1) is 39.9. The third-order valence-corrected chi connectivity index (χ3v) is 9.49. The number of carboxylic acids is 1. The highest BCUT2D eigenvalue weighted by molar-refractivity contribution is 5.72. The number of hydrogen-bond acceptors (Lipinski definition) is 3. The number of carbonyl (C=O) groups is 2. The predicted molar refractivity (Wildman–Crippen MR) is 176 cm³/mol. The van der Waals surface area contributed by atoms with E-state index in [-0.39, 0.29) is 11.9 Å². The summed E-state index contributed by atoms with van der Waals surface area (Å²) in [4.78, 5) is 24.0. The highest BCUT2D eigenvalue weighted by Crippen LogP contribution is 2.32. The minimum Gasteiger partial charge on any atom is -0.481 e. The first-order chi connectivity index (χ1) is 19.8. The molecule has 0 aromatic rings. The van der Waals surface area contributed by atoms with Gasteiger partial charge in [0.25, 0.3) is 0 Å². The number of esters is 1. The van der Waals surface area contributed by atoms with Crippen molar-refractivity contribution in [2.24, 2.45) is 29.6 Å². The molecule has 0 heterocycles.